The van der Waals surface area contributed by atoms with Gasteiger partial charge in [-0.1, -0.05) is 0 Å². The Bertz CT molecular complexity index is 232. The normalized spacial score (nSPS) is 7.17. The molecule has 0 bridgehead atoms. The Morgan fingerprint density at radius 2 is 1.50 bits per heavy atom. The zero-order valence-electron chi connectivity index (χ0n) is 5.66. The first-order chi connectivity index (χ1) is 4.20. The Morgan fingerprint density at radius 1 is 1.00 bits per heavy atom. The van der Waals surface area contributed by atoms with Gasteiger partial charge in [0.25, 0.3) is 0 Å². The van der Waals surface area contributed by atoms with E-state index in [-0.39, 0.29) is 37.2 Å². The summed E-state index contributed by atoms with van der Waals surface area (Å²) in [4.78, 5) is 0. The maximum absolute atomic E-state index is 12.3. The topological polar surface area (TPSA) is 0 Å². The van der Waals surface area contributed by atoms with Crippen LogP contribution in [-0.4, -0.2) is 0 Å². The Hall–Kier alpha value is 0.534. The summed E-state index contributed by atoms with van der Waals surface area (Å²) in [6.45, 7) is 0. The van der Waals surface area contributed by atoms with E-state index in [4.69, 9.17) is 0 Å². The van der Waals surface area contributed by atoms with Gasteiger partial charge < -0.3 is 0 Å². The molecule has 1 rings (SSSR count). The molecule has 0 spiro atoms. The van der Waals surface area contributed by atoms with E-state index in [1.54, 1.807) is 0 Å². The third kappa shape index (κ3) is 5.23. The molecule has 1 aromatic carbocycles. The first-order valence-electron chi connectivity index (χ1n) is 2.34. The molecule has 0 atom stereocenters. The molecule has 0 N–H and O–H groups in total. The van der Waals surface area contributed by atoms with E-state index in [9.17, 15) is 8.78 Å². The van der Waals surface area contributed by atoms with Gasteiger partial charge in [0.05, 0.1) is 0 Å². The molecule has 0 aromatic heterocycles. The molecule has 0 unspecified atom stereocenters. The third-order valence-corrected chi connectivity index (χ3v) is 1.48. The first kappa shape index (κ1) is 18.3. The fourth-order valence-corrected chi connectivity index (χ4v) is 0.698. The molecule has 0 fully saturated rings. The van der Waals surface area contributed by atoms with Crippen LogP contribution in [0.3, 0.4) is 0 Å². The molecule has 0 amide bonds. The first-order valence-corrected chi connectivity index (χ1v) is 3.04. The van der Waals surface area contributed by atoms with Gasteiger partial charge in [0, 0.05) is 0 Å². The monoisotopic (exact) mass is 272 g/mol. The van der Waals surface area contributed by atoms with Crippen LogP contribution in [0.1, 0.15) is 0 Å². The Morgan fingerprint density at radius 3 is 1.83 bits per heavy atom. The van der Waals surface area contributed by atoms with Crippen molar-refractivity contribution in [3.8, 4) is 0 Å². The summed E-state index contributed by atoms with van der Waals surface area (Å²) in [5.41, 5.74) is 0. The van der Waals surface area contributed by atoms with Gasteiger partial charge in [-0.05, 0) is 0 Å². The van der Waals surface area contributed by atoms with Crippen molar-refractivity contribution < 1.29 is 26.2 Å². The standard InChI is InChI=1S/C6H3F2.3ClH.V/c7-5-2-1-3-6(8)4-5;;;;/h1-2,4H;3*1H;. The summed E-state index contributed by atoms with van der Waals surface area (Å²) < 4.78 is 24.8. The van der Waals surface area contributed by atoms with Crippen LogP contribution in [0.15, 0.2) is 18.2 Å². The molecule has 0 heterocycles. The molecule has 0 saturated heterocycles. The van der Waals surface area contributed by atoms with Crippen LogP contribution >= 0.6 is 37.2 Å². The Balaban J connectivity index is -0.000000270. The second kappa shape index (κ2) is 8.15. The minimum atomic E-state index is -0.540. The van der Waals surface area contributed by atoms with Crippen LogP contribution in [0.25, 0.3) is 0 Å². The van der Waals surface area contributed by atoms with E-state index >= 15 is 0 Å². The second-order valence-corrected chi connectivity index (χ2v) is 2.35. The number of hydrogen-bond acceptors (Lipinski definition) is 0. The predicted octanol–water partition coefficient (Wildman–Crippen LogP) is 2.40. The van der Waals surface area contributed by atoms with Gasteiger partial charge in [-0.2, -0.15) is 0 Å². The molecule has 0 radical (unpaired) electrons. The van der Waals surface area contributed by atoms with Crippen LogP contribution in [0.4, 0.5) is 8.78 Å². The van der Waals surface area contributed by atoms with Crippen LogP contribution in [0, 0.1) is 11.6 Å². The third-order valence-electron chi connectivity index (χ3n) is 0.910. The molecule has 1 aromatic rings. The average molecular weight is 273 g/mol. The molecule has 0 nitrogen and oxygen atoms in total. The summed E-state index contributed by atoms with van der Waals surface area (Å²) >= 11 is 2.02. The van der Waals surface area contributed by atoms with Crippen molar-refractivity contribution in [2.24, 2.45) is 0 Å². The number of hydrogen-bond donors (Lipinski definition) is 0. The van der Waals surface area contributed by atoms with E-state index in [1.165, 1.54) is 12.1 Å². The Kier molecular flexibility index (Phi) is 12.5. The van der Waals surface area contributed by atoms with E-state index < -0.39 is 11.6 Å². The van der Waals surface area contributed by atoms with E-state index in [0.29, 0.717) is 4.28 Å². The zero-order valence-corrected chi connectivity index (χ0v) is 9.51. The van der Waals surface area contributed by atoms with Gasteiger partial charge in [-0.25, -0.2) is 0 Å². The average Bonchev–Trinajstić information content (AvgIpc) is 1.80. The fourth-order valence-electron chi connectivity index (χ4n) is 0.481. The van der Waals surface area contributed by atoms with Crippen molar-refractivity contribution >= 4 is 41.5 Å². The predicted molar refractivity (Wildman–Crippen MR) is 47.7 cm³/mol. The molecule has 12 heavy (non-hydrogen) atoms. The van der Waals surface area contributed by atoms with E-state index in [1.807, 2.05) is 17.4 Å². The van der Waals surface area contributed by atoms with Crippen molar-refractivity contribution in [3.05, 3.63) is 29.8 Å². The van der Waals surface area contributed by atoms with Crippen molar-refractivity contribution in [2.75, 3.05) is 0 Å². The second-order valence-electron chi connectivity index (χ2n) is 1.60. The van der Waals surface area contributed by atoms with Gasteiger partial charge in [-0.15, -0.1) is 37.2 Å². The summed E-state index contributed by atoms with van der Waals surface area (Å²) in [6, 6.07) is 3.45. The van der Waals surface area contributed by atoms with E-state index in [2.05, 4.69) is 0 Å². The summed E-state index contributed by atoms with van der Waals surface area (Å²) in [5, 5.41) is 0. The van der Waals surface area contributed by atoms with Crippen molar-refractivity contribution in [1.29, 1.82) is 0 Å². The maximum atomic E-state index is 12.3. The molecule has 70 valence electrons. The van der Waals surface area contributed by atoms with Crippen LogP contribution in [-0.2, 0) is 17.4 Å². The molecule has 0 aliphatic heterocycles. The SMILES string of the molecule is Cl.Cl.Cl.Fc1cc[c]([V])c(F)c1. The van der Waals surface area contributed by atoms with Crippen LogP contribution in [0.5, 0.6) is 0 Å². The van der Waals surface area contributed by atoms with E-state index in [0.717, 1.165) is 6.07 Å². The summed E-state index contributed by atoms with van der Waals surface area (Å²) in [5.74, 6) is -1.06. The molecule has 6 heteroatoms. The molecule has 0 saturated carbocycles. The quantitative estimate of drug-likeness (QED) is 0.681. The van der Waals surface area contributed by atoms with Crippen molar-refractivity contribution in [1.82, 2.24) is 0 Å². The number of benzene rings is 1. The van der Waals surface area contributed by atoms with Gasteiger partial charge in [-0.3, -0.25) is 0 Å². The van der Waals surface area contributed by atoms with Crippen LogP contribution in [0.2, 0.25) is 0 Å². The zero-order chi connectivity index (χ0) is 6.85. The van der Waals surface area contributed by atoms with Crippen LogP contribution < -0.4 is 4.28 Å². The van der Waals surface area contributed by atoms with Gasteiger partial charge in [0.1, 0.15) is 0 Å². The minimum absolute atomic E-state index is 0. The van der Waals surface area contributed by atoms with Crippen molar-refractivity contribution in [2.45, 2.75) is 0 Å². The molecular formula is C6H6Cl3F2V. The van der Waals surface area contributed by atoms with Gasteiger partial charge in [0.15, 0.2) is 0 Å². The molecule has 0 aliphatic carbocycles. The molecular weight excluding hydrogens is 267 g/mol. The Labute approximate surface area is 97.3 Å². The fraction of sp³-hybridized carbons (Fsp3) is 0. The summed E-state index contributed by atoms with van der Waals surface area (Å²) in [7, 11) is 0. The van der Waals surface area contributed by atoms with Gasteiger partial charge >= 0.3 is 60.3 Å². The van der Waals surface area contributed by atoms with Gasteiger partial charge in [0.2, 0.25) is 0 Å². The van der Waals surface area contributed by atoms with Crippen molar-refractivity contribution in [3.63, 3.8) is 0 Å². The molecule has 0 aliphatic rings. The summed E-state index contributed by atoms with van der Waals surface area (Å²) in [6.07, 6.45) is 0. The number of halogens is 5. The number of rotatable bonds is 0.